The van der Waals surface area contributed by atoms with Gasteiger partial charge in [-0.3, -0.25) is 9.59 Å². The summed E-state index contributed by atoms with van der Waals surface area (Å²) >= 11 is 0. The fourth-order valence-electron chi connectivity index (χ4n) is 5.81. The number of amides is 2. The van der Waals surface area contributed by atoms with Gasteiger partial charge in [-0.1, -0.05) is 0 Å². The maximum absolute atomic E-state index is 12.3. The van der Waals surface area contributed by atoms with Gasteiger partial charge in [0.05, 0.1) is 12.8 Å². The van der Waals surface area contributed by atoms with Crippen molar-refractivity contribution in [2.24, 2.45) is 23.2 Å². The maximum Gasteiger partial charge on any atom is 0.287 e. The van der Waals surface area contributed by atoms with Crippen LogP contribution < -0.4 is 10.6 Å². The molecule has 0 radical (unpaired) electrons. The highest BCUT2D eigenvalue weighted by Gasteiger charge is 2.53. The molecule has 1 atom stereocenters. The van der Waals surface area contributed by atoms with Crippen LogP contribution in [0.4, 0.5) is 0 Å². The maximum atomic E-state index is 12.3. The van der Waals surface area contributed by atoms with Crippen LogP contribution in [0.1, 0.15) is 56.0 Å². The standard InChI is InChI=1S/C19H26N2O3/c1-12(19-8-13-5-14(9-19)7-15(6-13)10-19)21-17(22)11-20-18(23)16-3-2-4-24-16/h2-4,12-15H,5-11H2,1H3,(H,20,23)(H,21,22)/t12-,13?,14?,15?,19?/m1/s1. The lowest BCUT2D eigenvalue weighted by Crippen LogP contribution is -2.56. The number of carbonyl (C=O) groups is 2. The second-order valence-corrected chi connectivity index (χ2v) is 8.23. The molecule has 0 unspecified atom stereocenters. The zero-order valence-electron chi connectivity index (χ0n) is 14.2. The van der Waals surface area contributed by atoms with E-state index in [-0.39, 0.29) is 35.6 Å². The summed E-state index contributed by atoms with van der Waals surface area (Å²) in [5.41, 5.74) is 0.287. The predicted octanol–water partition coefficient (Wildman–Crippen LogP) is 2.73. The molecule has 4 fully saturated rings. The first-order valence-electron chi connectivity index (χ1n) is 9.15. The summed E-state index contributed by atoms with van der Waals surface area (Å²) in [7, 11) is 0. The van der Waals surface area contributed by atoms with E-state index in [1.807, 2.05) is 0 Å². The number of nitrogens with one attached hydrogen (secondary N) is 2. The first-order chi connectivity index (χ1) is 11.5. The zero-order valence-corrected chi connectivity index (χ0v) is 14.2. The third-order valence-electron chi connectivity index (χ3n) is 6.54. The van der Waals surface area contributed by atoms with Crippen LogP contribution in [0.3, 0.4) is 0 Å². The molecule has 0 spiro atoms. The van der Waals surface area contributed by atoms with Crippen molar-refractivity contribution < 1.29 is 14.0 Å². The Morgan fingerprint density at radius 1 is 1.21 bits per heavy atom. The molecule has 4 aliphatic carbocycles. The Bertz CT molecular complexity index is 587. The van der Waals surface area contributed by atoms with Gasteiger partial charge >= 0.3 is 0 Å². The van der Waals surface area contributed by atoms with Crippen LogP contribution in [0.2, 0.25) is 0 Å². The summed E-state index contributed by atoms with van der Waals surface area (Å²) in [5.74, 6) is 2.38. The summed E-state index contributed by atoms with van der Waals surface area (Å²) in [4.78, 5) is 24.1. The van der Waals surface area contributed by atoms with Gasteiger partial charge in [0.15, 0.2) is 5.76 Å². The third-order valence-corrected chi connectivity index (χ3v) is 6.54. The van der Waals surface area contributed by atoms with Gasteiger partial charge in [-0.25, -0.2) is 0 Å². The fraction of sp³-hybridized carbons (Fsp3) is 0.684. The molecule has 5 heteroatoms. The average molecular weight is 330 g/mol. The Hall–Kier alpha value is -1.78. The second kappa shape index (κ2) is 5.94. The number of carbonyl (C=O) groups excluding carboxylic acids is 2. The quantitative estimate of drug-likeness (QED) is 0.872. The lowest BCUT2D eigenvalue weighted by atomic mass is 9.48. The highest BCUT2D eigenvalue weighted by molar-refractivity contribution is 5.94. The molecule has 1 aromatic heterocycles. The van der Waals surface area contributed by atoms with Crippen molar-refractivity contribution in [2.45, 2.75) is 51.5 Å². The topological polar surface area (TPSA) is 71.3 Å². The van der Waals surface area contributed by atoms with Gasteiger partial charge in [0.25, 0.3) is 5.91 Å². The van der Waals surface area contributed by atoms with Crippen LogP contribution in [-0.4, -0.2) is 24.4 Å². The van der Waals surface area contributed by atoms with Gasteiger partial charge in [0.1, 0.15) is 0 Å². The lowest BCUT2D eigenvalue weighted by Gasteiger charge is -2.59. The van der Waals surface area contributed by atoms with Crippen molar-refractivity contribution in [3.8, 4) is 0 Å². The van der Waals surface area contributed by atoms with Crippen molar-refractivity contribution in [1.29, 1.82) is 0 Å². The Morgan fingerprint density at radius 2 is 1.83 bits per heavy atom. The van der Waals surface area contributed by atoms with Crippen molar-refractivity contribution >= 4 is 11.8 Å². The highest BCUT2D eigenvalue weighted by atomic mass is 16.3. The van der Waals surface area contributed by atoms with E-state index in [2.05, 4.69) is 17.6 Å². The molecule has 0 aromatic carbocycles. The molecule has 2 N–H and O–H groups in total. The van der Waals surface area contributed by atoms with Crippen LogP contribution in [0.15, 0.2) is 22.8 Å². The molecule has 130 valence electrons. The summed E-state index contributed by atoms with van der Waals surface area (Å²) in [6.45, 7) is 2.15. The summed E-state index contributed by atoms with van der Waals surface area (Å²) in [6, 6.07) is 3.42. The minimum Gasteiger partial charge on any atom is -0.459 e. The molecular formula is C19H26N2O3. The first-order valence-corrected chi connectivity index (χ1v) is 9.15. The zero-order chi connectivity index (χ0) is 16.7. The number of hydrogen-bond acceptors (Lipinski definition) is 3. The van der Waals surface area contributed by atoms with E-state index in [0.717, 1.165) is 17.8 Å². The summed E-state index contributed by atoms with van der Waals surface area (Å²) < 4.78 is 5.03. The van der Waals surface area contributed by atoms with Crippen LogP contribution in [0.5, 0.6) is 0 Å². The molecule has 24 heavy (non-hydrogen) atoms. The Labute approximate surface area is 142 Å². The molecule has 5 nitrogen and oxygen atoms in total. The predicted molar refractivity (Wildman–Crippen MR) is 89.3 cm³/mol. The SMILES string of the molecule is C[C@@H](NC(=O)CNC(=O)c1ccco1)C12CC3CC(CC(C3)C1)C2. The molecule has 2 amide bonds. The summed E-state index contributed by atoms with van der Waals surface area (Å²) in [6.07, 6.45) is 9.44. The number of furan rings is 1. The van der Waals surface area contributed by atoms with Gasteiger partial charge in [-0.15, -0.1) is 0 Å². The smallest absolute Gasteiger partial charge is 0.287 e. The van der Waals surface area contributed by atoms with Gasteiger partial charge < -0.3 is 15.1 Å². The van der Waals surface area contributed by atoms with Crippen LogP contribution in [0.25, 0.3) is 0 Å². The molecule has 4 saturated carbocycles. The molecule has 5 rings (SSSR count). The van der Waals surface area contributed by atoms with E-state index in [1.54, 1.807) is 12.1 Å². The number of rotatable bonds is 5. The van der Waals surface area contributed by atoms with Crippen molar-refractivity contribution in [2.75, 3.05) is 6.54 Å². The van der Waals surface area contributed by atoms with Gasteiger partial charge in [-0.2, -0.15) is 0 Å². The van der Waals surface area contributed by atoms with E-state index in [4.69, 9.17) is 4.42 Å². The van der Waals surface area contributed by atoms with Crippen LogP contribution in [-0.2, 0) is 4.79 Å². The van der Waals surface area contributed by atoms with Crippen LogP contribution >= 0.6 is 0 Å². The summed E-state index contributed by atoms with van der Waals surface area (Å²) in [5, 5.41) is 5.77. The monoisotopic (exact) mass is 330 g/mol. The highest BCUT2D eigenvalue weighted by Crippen LogP contribution is 2.61. The van der Waals surface area contributed by atoms with E-state index in [1.165, 1.54) is 44.8 Å². The van der Waals surface area contributed by atoms with E-state index in [0.29, 0.717) is 0 Å². The van der Waals surface area contributed by atoms with Gasteiger partial charge in [0, 0.05) is 6.04 Å². The van der Waals surface area contributed by atoms with E-state index < -0.39 is 0 Å². The van der Waals surface area contributed by atoms with Crippen molar-refractivity contribution in [3.63, 3.8) is 0 Å². The molecule has 4 bridgehead atoms. The Balaban J connectivity index is 1.32. The fourth-order valence-corrected chi connectivity index (χ4v) is 5.81. The molecule has 1 heterocycles. The van der Waals surface area contributed by atoms with Gasteiger partial charge in [0.2, 0.25) is 5.91 Å². The minimum absolute atomic E-state index is 0.00373. The molecule has 1 aromatic rings. The van der Waals surface area contributed by atoms with Crippen molar-refractivity contribution in [1.82, 2.24) is 10.6 Å². The largest absolute Gasteiger partial charge is 0.459 e. The normalized spacial score (nSPS) is 34.8. The Morgan fingerprint density at radius 3 is 2.38 bits per heavy atom. The number of hydrogen-bond donors (Lipinski definition) is 2. The lowest BCUT2D eigenvalue weighted by molar-refractivity contribution is -0.124. The van der Waals surface area contributed by atoms with Crippen LogP contribution in [0, 0.1) is 23.2 Å². The van der Waals surface area contributed by atoms with Crippen molar-refractivity contribution in [3.05, 3.63) is 24.2 Å². The molecule has 0 saturated heterocycles. The van der Waals surface area contributed by atoms with Gasteiger partial charge in [-0.05, 0) is 80.8 Å². The Kier molecular flexibility index (Phi) is 3.89. The molecule has 4 aliphatic rings. The van der Waals surface area contributed by atoms with E-state index in [9.17, 15) is 9.59 Å². The molecular weight excluding hydrogens is 304 g/mol. The first kappa shape index (κ1) is 15.7. The average Bonchev–Trinajstić information content (AvgIpc) is 3.05. The minimum atomic E-state index is -0.349. The van der Waals surface area contributed by atoms with E-state index >= 15 is 0 Å². The third kappa shape index (κ3) is 2.85. The second-order valence-electron chi connectivity index (χ2n) is 8.23. The molecule has 0 aliphatic heterocycles.